The largest absolute Gasteiger partial charge is 0.466 e. The van der Waals surface area contributed by atoms with Gasteiger partial charge in [-0.2, -0.15) is 43.5 Å². The maximum absolute atomic E-state index is 13.8. The van der Waals surface area contributed by atoms with Crippen LogP contribution in [0, 0.1) is 0 Å². The lowest BCUT2D eigenvalue weighted by Crippen LogP contribution is -2.59. The van der Waals surface area contributed by atoms with Gasteiger partial charge in [0.25, 0.3) is 0 Å². The van der Waals surface area contributed by atoms with Crippen molar-refractivity contribution in [1.29, 1.82) is 0 Å². The molecule has 0 spiro atoms. The van der Waals surface area contributed by atoms with Crippen molar-refractivity contribution in [2.45, 2.75) is 42.4 Å². The van der Waals surface area contributed by atoms with E-state index >= 15 is 0 Å². The lowest BCUT2D eigenvalue weighted by Gasteiger charge is -2.33. The number of benzene rings is 1. The summed E-state index contributed by atoms with van der Waals surface area (Å²) in [4.78, 5) is 23.9. The fourth-order valence-electron chi connectivity index (χ4n) is 2.33. The highest BCUT2D eigenvalue weighted by molar-refractivity contribution is 7.87. The van der Waals surface area contributed by atoms with Gasteiger partial charge in [0.05, 0.1) is 6.61 Å². The predicted octanol–water partition coefficient (Wildman–Crippen LogP) is 4.21. The van der Waals surface area contributed by atoms with E-state index in [-0.39, 0.29) is 5.69 Å². The minimum absolute atomic E-state index is 0.253. The smallest absolute Gasteiger partial charge is 0.410 e. The molecule has 0 saturated carbocycles. The fourth-order valence-corrected chi connectivity index (χ4v) is 2.81. The third-order valence-corrected chi connectivity index (χ3v) is 5.05. The van der Waals surface area contributed by atoms with Gasteiger partial charge in [0.2, 0.25) is 5.83 Å². The highest BCUT2D eigenvalue weighted by Gasteiger charge is 2.67. The maximum Gasteiger partial charge on any atom is 0.466 e. The molecule has 0 heterocycles. The van der Waals surface area contributed by atoms with Gasteiger partial charge in [-0.15, -0.1) is 0 Å². The molecule has 2 N–H and O–H groups in total. The molecule has 1 aromatic carbocycles. The van der Waals surface area contributed by atoms with E-state index < -0.39 is 76.8 Å². The van der Waals surface area contributed by atoms with Gasteiger partial charge in [-0.1, -0.05) is 24.8 Å². The lowest BCUT2D eigenvalue weighted by molar-refractivity contribution is -0.345. The van der Waals surface area contributed by atoms with Gasteiger partial charge in [-0.25, -0.2) is 4.79 Å². The Kier molecular flexibility index (Phi) is 9.38. The zero-order valence-corrected chi connectivity index (χ0v) is 18.1. The Morgan fingerprint density at radius 3 is 2.00 bits per heavy atom. The third-order valence-electron chi connectivity index (χ3n) is 4.10. The van der Waals surface area contributed by atoms with Crippen molar-refractivity contribution in [1.82, 2.24) is 0 Å². The van der Waals surface area contributed by atoms with E-state index in [9.17, 15) is 53.1 Å². The average Bonchev–Trinajstić information content (AvgIpc) is 2.71. The molecule has 0 aliphatic carbocycles. The molecule has 35 heavy (non-hydrogen) atoms. The molecule has 1 unspecified atom stereocenters. The molecule has 0 radical (unpaired) electrons. The van der Waals surface area contributed by atoms with Crippen molar-refractivity contribution in [2.75, 3.05) is 11.9 Å². The van der Waals surface area contributed by atoms with Crippen LogP contribution in [0.2, 0.25) is 0 Å². The van der Waals surface area contributed by atoms with Crippen molar-refractivity contribution in [3.8, 4) is 0 Å². The van der Waals surface area contributed by atoms with Crippen LogP contribution in [0.5, 0.6) is 0 Å². The molecule has 0 saturated heterocycles. The molecule has 0 aromatic heterocycles. The van der Waals surface area contributed by atoms with E-state index in [4.69, 9.17) is 4.55 Å². The van der Waals surface area contributed by atoms with Crippen LogP contribution in [0.15, 0.2) is 42.7 Å². The first-order valence-corrected chi connectivity index (χ1v) is 10.6. The molecule has 0 aliphatic rings. The zero-order valence-electron chi connectivity index (χ0n) is 17.3. The number of carbonyl (C=O) groups is 2. The van der Waals surface area contributed by atoms with E-state index in [0.29, 0.717) is 0 Å². The monoisotopic (exact) mass is 543 g/mol. The number of hydrogen-bond donors (Lipinski definition) is 2. The van der Waals surface area contributed by atoms with Gasteiger partial charge in [-0.3, -0.25) is 9.35 Å². The molecule has 8 nitrogen and oxygen atoms in total. The Labute approximate surface area is 192 Å². The second kappa shape index (κ2) is 10.9. The summed E-state index contributed by atoms with van der Waals surface area (Å²) in [6.07, 6.45) is -9.88. The summed E-state index contributed by atoms with van der Waals surface area (Å²) in [5.41, 5.74) is -0.253. The number of nitrogens with one attached hydrogen (secondary N) is 1. The Morgan fingerprint density at radius 1 is 1.00 bits per heavy atom. The minimum Gasteiger partial charge on any atom is -0.410 e. The van der Waals surface area contributed by atoms with E-state index in [0.717, 1.165) is 12.1 Å². The van der Waals surface area contributed by atoms with Crippen molar-refractivity contribution in [3.05, 3.63) is 42.7 Å². The second-order valence-corrected chi connectivity index (χ2v) is 8.19. The van der Waals surface area contributed by atoms with E-state index in [1.807, 2.05) is 0 Å². The molecular weight excluding hydrogens is 526 g/mol. The molecule has 1 atom stereocenters. The topological polar surface area (TPSA) is 119 Å². The summed E-state index contributed by atoms with van der Waals surface area (Å²) in [5, 5.41) is -4.19. The number of ether oxygens (including phenoxy) is 2. The van der Waals surface area contributed by atoms with Crippen LogP contribution in [-0.2, 0) is 29.2 Å². The molecule has 17 heteroatoms. The second-order valence-electron chi connectivity index (χ2n) is 6.73. The van der Waals surface area contributed by atoms with Crippen LogP contribution in [0.25, 0.3) is 0 Å². The Hall–Kier alpha value is -2.79. The Bertz CT molecular complexity index is 1030. The predicted molar refractivity (Wildman–Crippen MR) is 101 cm³/mol. The molecule has 1 rings (SSSR count). The van der Waals surface area contributed by atoms with Crippen LogP contribution in [0.4, 0.5) is 40.8 Å². The number of para-hydroxylation sites is 1. The number of anilines is 1. The summed E-state index contributed by atoms with van der Waals surface area (Å²) in [7, 11) is -6.53. The third kappa shape index (κ3) is 7.11. The lowest BCUT2D eigenvalue weighted by atomic mass is 10.1. The van der Waals surface area contributed by atoms with Gasteiger partial charge >= 0.3 is 45.1 Å². The van der Waals surface area contributed by atoms with E-state index in [1.165, 1.54) is 18.2 Å². The Morgan fingerprint density at radius 2 is 1.54 bits per heavy atom. The van der Waals surface area contributed by atoms with Crippen LogP contribution in [0.3, 0.4) is 0 Å². The SMILES string of the molecule is C=C(F)C(=O)OC(OCCCCC(F)(F)C(F)(F)S(=O)(=O)O)(C(=O)Nc1ccccc1)C(F)(F)F. The van der Waals surface area contributed by atoms with E-state index in [2.05, 4.69) is 16.1 Å². The summed E-state index contributed by atoms with van der Waals surface area (Å²) in [5.74, 6) is -16.4. The van der Waals surface area contributed by atoms with Crippen molar-refractivity contribution in [3.63, 3.8) is 0 Å². The summed E-state index contributed by atoms with van der Waals surface area (Å²) < 4.78 is 145. The first-order chi connectivity index (χ1) is 15.8. The molecule has 1 amide bonds. The molecular formula is C18H17F8NO7S. The summed E-state index contributed by atoms with van der Waals surface area (Å²) in [6.45, 7) is 1.08. The van der Waals surface area contributed by atoms with Crippen molar-refractivity contribution >= 4 is 27.7 Å². The van der Waals surface area contributed by atoms with Crippen molar-refractivity contribution in [2.24, 2.45) is 0 Å². The number of rotatable bonds is 12. The summed E-state index contributed by atoms with van der Waals surface area (Å²) in [6, 6.07) is 6.25. The first kappa shape index (κ1) is 30.2. The number of unbranched alkanes of at least 4 members (excludes halogenated alkanes) is 1. The highest BCUT2D eigenvalue weighted by atomic mass is 32.2. The van der Waals surface area contributed by atoms with Crippen LogP contribution in [0.1, 0.15) is 19.3 Å². The van der Waals surface area contributed by atoms with Gasteiger partial charge in [-0.05, 0) is 25.0 Å². The molecule has 1 aromatic rings. The number of carbonyl (C=O) groups excluding carboxylic acids is 2. The number of amides is 1. The van der Waals surface area contributed by atoms with Gasteiger partial charge in [0.15, 0.2) is 0 Å². The average molecular weight is 543 g/mol. The van der Waals surface area contributed by atoms with Crippen LogP contribution < -0.4 is 5.32 Å². The normalized spacial score (nSPS) is 14.7. The Balaban J connectivity index is 3.09. The number of halogens is 8. The maximum atomic E-state index is 13.8. The van der Waals surface area contributed by atoms with Crippen LogP contribution in [-0.4, -0.2) is 54.6 Å². The minimum atomic E-state index is -6.53. The first-order valence-electron chi connectivity index (χ1n) is 9.16. The van der Waals surface area contributed by atoms with Crippen LogP contribution >= 0.6 is 0 Å². The zero-order chi connectivity index (χ0) is 27.3. The van der Waals surface area contributed by atoms with Gasteiger partial charge < -0.3 is 14.8 Å². The molecule has 0 bridgehead atoms. The van der Waals surface area contributed by atoms with Gasteiger partial charge in [0.1, 0.15) is 0 Å². The molecule has 0 fully saturated rings. The number of esters is 1. The fraction of sp³-hybridized carbons (Fsp3) is 0.444. The quantitative estimate of drug-likeness (QED) is 0.101. The summed E-state index contributed by atoms with van der Waals surface area (Å²) >= 11 is 0. The number of alkyl halides is 7. The van der Waals surface area contributed by atoms with Gasteiger partial charge in [0, 0.05) is 12.1 Å². The number of hydrogen-bond acceptors (Lipinski definition) is 6. The molecule has 0 aliphatic heterocycles. The van der Waals surface area contributed by atoms with E-state index in [1.54, 1.807) is 5.32 Å². The van der Waals surface area contributed by atoms with Crippen molar-refractivity contribution < 1.29 is 67.2 Å². The highest BCUT2D eigenvalue weighted by Crippen LogP contribution is 2.42. The standard InChI is InChI=1S/C18H17F8NO7S/c1-11(19)13(28)34-16(17(22,23)24,14(29)27-12-7-3-2-4-8-12)33-10-6-5-9-15(20,21)18(25,26)35(30,31)32/h2-4,7-8H,1,5-6,9-10H2,(H,27,29)(H,30,31,32). The molecule has 198 valence electrons.